The molecule has 1 nitrogen and oxygen atoms in total. The van der Waals surface area contributed by atoms with Crippen LogP contribution < -0.4 is 0 Å². The van der Waals surface area contributed by atoms with Gasteiger partial charge >= 0.3 is 0 Å². The van der Waals surface area contributed by atoms with Gasteiger partial charge in [-0.25, -0.2) is 0 Å². The van der Waals surface area contributed by atoms with E-state index >= 15 is 0 Å². The van der Waals surface area contributed by atoms with E-state index in [-0.39, 0.29) is 0 Å². The SMILES string of the molecule is CCCCC/C=C/C/C=C/CCCCCCCCCCC[C]=O. The Morgan fingerprint density at radius 2 is 1.09 bits per heavy atom. The molecule has 0 spiro atoms. The quantitative estimate of drug-likeness (QED) is 0.189. The summed E-state index contributed by atoms with van der Waals surface area (Å²) in [7, 11) is 0. The average molecular weight is 320 g/mol. The van der Waals surface area contributed by atoms with Gasteiger partial charge < -0.3 is 0 Å². The molecular weight excluding hydrogens is 280 g/mol. The molecular formula is C22H39O. The summed E-state index contributed by atoms with van der Waals surface area (Å²) < 4.78 is 0. The summed E-state index contributed by atoms with van der Waals surface area (Å²) in [6.07, 6.45) is 31.2. The molecule has 0 amide bonds. The number of hydrogen-bond acceptors (Lipinski definition) is 1. The largest absolute Gasteiger partial charge is 0.291 e. The number of rotatable bonds is 18. The van der Waals surface area contributed by atoms with Crippen LogP contribution in [0.5, 0.6) is 0 Å². The van der Waals surface area contributed by atoms with Crippen LogP contribution >= 0.6 is 0 Å². The van der Waals surface area contributed by atoms with E-state index in [1.807, 2.05) is 6.29 Å². The van der Waals surface area contributed by atoms with Gasteiger partial charge in [-0.2, -0.15) is 0 Å². The molecule has 1 radical (unpaired) electrons. The first-order valence-corrected chi connectivity index (χ1v) is 10.1. The van der Waals surface area contributed by atoms with E-state index in [2.05, 4.69) is 31.2 Å². The highest BCUT2D eigenvalue weighted by Crippen LogP contribution is 2.11. The highest BCUT2D eigenvalue weighted by Gasteiger charge is 1.92. The molecule has 0 saturated carbocycles. The second-order valence-electron chi connectivity index (χ2n) is 6.54. The topological polar surface area (TPSA) is 17.1 Å². The molecule has 0 N–H and O–H groups in total. The van der Waals surface area contributed by atoms with Gasteiger partial charge in [-0.1, -0.05) is 89.0 Å². The highest BCUT2D eigenvalue weighted by atomic mass is 16.1. The van der Waals surface area contributed by atoms with Crippen LogP contribution in [0.4, 0.5) is 0 Å². The molecule has 0 atom stereocenters. The molecule has 133 valence electrons. The van der Waals surface area contributed by atoms with Gasteiger partial charge in [-0.3, -0.25) is 4.79 Å². The van der Waals surface area contributed by atoms with Gasteiger partial charge in [0.2, 0.25) is 0 Å². The average Bonchev–Trinajstić information content (AvgIpc) is 2.57. The van der Waals surface area contributed by atoms with Crippen molar-refractivity contribution in [2.75, 3.05) is 0 Å². The molecule has 0 aromatic carbocycles. The van der Waals surface area contributed by atoms with E-state index < -0.39 is 0 Å². The lowest BCUT2D eigenvalue weighted by Crippen LogP contribution is -1.82. The molecule has 0 aliphatic carbocycles. The number of carbonyl (C=O) groups excluding carboxylic acids is 1. The first kappa shape index (κ1) is 22.1. The summed E-state index contributed by atoms with van der Waals surface area (Å²) >= 11 is 0. The molecule has 0 heterocycles. The van der Waals surface area contributed by atoms with Crippen molar-refractivity contribution in [1.82, 2.24) is 0 Å². The van der Waals surface area contributed by atoms with Crippen LogP contribution in [0.3, 0.4) is 0 Å². The fraction of sp³-hybridized carbons (Fsp3) is 0.773. The van der Waals surface area contributed by atoms with Gasteiger partial charge in [0.25, 0.3) is 0 Å². The van der Waals surface area contributed by atoms with Crippen molar-refractivity contribution in [3.8, 4) is 0 Å². The molecule has 0 bridgehead atoms. The normalized spacial score (nSPS) is 11.7. The van der Waals surface area contributed by atoms with Gasteiger partial charge in [0.1, 0.15) is 0 Å². The highest BCUT2D eigenvalue weighted by molar-refractivity contribution is 5.50. The van der Waals surface area contributed by atoms with Crippen LogP contribution in [-0.4, -0.2) is 6.29 Å². The summed E-state index contributed by atoms with van der Waals surface area (Å²) in [6.45, 7) is 2.25. The predicted octanol–water partition coefficient (Wildman–Crippen LogP) is 7.47. The first-order valence-electron chi connectivity index (χ1n) is 10.1. The standard InChI is InChI=1S/C22H39O/c1-2-3-4-5-6-7-8-9-10-11-12-13-14-15-16-17-18-19-20-21-22-23/h6-7,9-10H,2-5,8,11-21H2,1H3/b7-6+,10-9+. The zero-order valence-corrected chi connectivity index (χ0v) is 15.5. The zero-order chi connectivity index (χ0) is 16.8. The maximum Gasteiger partial charge on any atom is 0.198 e. The third kappa shape index (κ3) is 21.1. The maximum absolute atomic E-state index is 10.1. The lowest BCUT2D eigenvalue weighted by Gasteiger charge is -2.01. The Hall–Kier alpha value is -0.850. The second kappa shape index (κ2) is 21.1. The molecule has 23 heavy (non-hydrogen) atoms. The van der Waals surface area contributed by atoms with Gasteiger partial charge in [0.15, 0.2) is 6.29 Å². The van der Waals surface area contributed by atoms with Gasteiger partial charge in [0, 0.05) is 6.42 Å². The van der Waals surface area contributed by atoms with Crippen molar-refractivity contribution < 1.29 is 4.79 Å². The van der Waals surface area contributed by atoms with Crippen LogP contribution in [-0.2, 0) is 4.79 Å². The first-order chi connectivity index (χ1) is 11.4. The summed E-state index contributed by atoms with van der Waals surface area (Å²) in [5.74, 6) is 0. The molecule has 0 fully saturated rings. The Labute approximate surface area is 145 Å². The summed E-state index contributed by atoms with van der Waals surface area (Å²) in [5.41, 5.74) is 0. The van der Waals surface area contributed by atoms with Gasteiger partial charge in [0.05, 0.1) is 0 Å². The second-order valence-corrected chi connectivity index (χ2v) is 6.54. The Kier molecular flexibility index (Phi) is 20.4. The van der Waals surface area contributed by atoms with Gasteiger partial charge in [-0.05, 0) is 38.5 Å². The van der Waals surface area contributed by atoms with Crippen LogP contribution in [0, 0.1) is 0 Å². The molecule has 0 saturated heterocycles. The summed E-state index contributed by atoms with van der Waals surface area (Å²) in [6, 6.07) is 0. The molecule has 0 rings (SSSR count). The Morgan fingerprint density at radius 3 is 1.61 bits per heavy atom. The molecule has 1 heteroatoms. The fourth-order valence-electron chi connectivity index (χ4n) is 2.72. The maximum atomic E-state index is 10.1. The minimum Gasteiger partial charge on any atom is -0.291 e. The lowest BCUT2D eigenvalue weighted by molar-refractivity contribution is 0.537. The Balaban J connectivity index is 3.12. The lowest BCUT2D eigenvalue weighted by atomic mass is 10.1. The van der Waals surface area contributed by atoms with Crippen LogP contribution in [0.15, 0.2) is 24.3 Å². The molecule has 0 aliphatic heterocycles. The zero-order valence-electron chi connectivity index (χ0n) is 15.5. The third-order valence-corrected chi connectivity index (χ3v) is 4.23. The van der Waals surface area contributed by atoms with Crippen LogP contribution in [0.2, 0.25) is 0 Å². The molecule has 0 aromatic rings. The Bertz CT molecular complexity index is 278. The van der Waals surface area contributed by atoms with Crippen LogP contribution in [0.1, 0.15) is 110 Å². The number of allylic oxidation sites excluding steroid dienone is 4. The third-order valence-electron chi connectivity index (χ3n) is 4.23. The van der Waals surface area contributed by atoms with E-state index in [1.165, 1.54) is 83.5 Å². The monoisotopic (exact) mass is 319 g/mol. The Morgan fingerprint density at radius 1 is 0.609 bits per heavy atom. The summed E-state index contributed by atoms with van der Waals surface area (Å²) in [4.78, 5) is 10.1. The van der Waals surface area contributed by atoms with Crippen molar-refractivity contribution in [2.45, 2.75) is 110 Å². The van der Waals surface area contributed by atoms with E-state index in [4.69, 9.17) is 0 Å². The van der Waals surface area contributed by atoms with Crippen molar-refractivity contribution in [3.05, 3.63) is 24.3 Å². The molecule has 0 aromatic heterocycles. The predicted molar refractivity (Wildman–Crippen MR) is 104 cm³/mol. The minimum atomic E-state index is 0.627. The molecule has 0 aliphatic rings. The van der Waals surface area contributed by atoms with Gasteiger partial charge in [-0.15, -0.1) is 0 Å². The summed E-state index contributed by atoms with van der Waals surface area (Å²) in [5, 5.41) is 0. The van der Waals surface area contributed by atoms with Crippen LogP contribution in [0.25, 0.3) is 0 Å². The van der Waals surface area contributed by atoms with E-state index in [0.29, 0.717) is 6.42 Å². The fourth-order valence-corrected chi connectivity index (χ4v) is 2.72. The van der Waals surface area contributed by atoms with E-state index in [0.717, 1.165) is 12.8 Å². The van der Waals surface area contributed by atoms with Crippen molar-refractivity contribution in [1.29, 1.82) is 0 Å². The smallest absolute Gasteiger partial charge is 0.198 e. The van der Waals surface area contributed by atoms with Crippen molar-refractivity contribution in [2.24, 2.45) is 0 Å². The minimum absolute atomic E-state index is 0.627. The number of unbranched alkanes of at least 4 members (excludes halogenated alkanes) is 13. The van der Waals surface area contributed by atoms with Crippen molar-refractivity contribution >= 4 is 6.29 Å². The van der Waals surface area contributed by atoms with E-state index in [1.54, 1.807) is 0 Å². The number of hydrogen-bond donors (Lipinski definition) is 0. The molecule has 0 unspecified atom stereocenters. The van der Waals surface area contributed by atoms with Crippen molar-refractivity contribution in [3.63, 3.8) is 0 Å². The van der Waals surface area contributed by atoms with E-state index in [9.17, 15) is 4.79 Å².